The van der Waals surface area contributed by atoms with Crippen LogP contribution in [0.15, 0.2) is 24.3 Å². The van der Waals surface area contributed by atoms with Crippen molar-refractivity contribution in [1.82, 2.24) is 4.90 Å². The molecule has 0 saturated carbocycles. The van der Waals surface area contributed by atoms with Crippen LogP contribution < -0.4 is 0 Å². The molecule has 1 unspecified atom stereocenters. The molecule has 72 valence electrons. The molecule has 1 aromatic carbocycles. The quantitative estimate of drug-likeness (QED) is 0.588. The van der Waals surface area contributed by atoms with Gasteiger partial charge in [0.1, 0.15) is 0 Å². The van der Waals surface area contributed by atoms with Gasteiger partial charge in [0.2, 0.25) is 0 Å². The van der Waals surface area contributed by atoms with Gasteiger partial charge < -0.3 is 0 Å². The Balaban J connectivity index is 0.000000396. The lowest BCUT2D eigenvalue weighted by molar-refractivity contribution is 0.286. The van der Waals surface area contributed by atoms with Crippen molar-refractivity contribution in [3.05, 3.63) is 35.4 Å². The van der Waals surface area contributed by atoms with Gasteiger partial charge >= 0.3 is 0 Å². The monoisotopic (exact) mass is 177 g/mol. The minimum Gasteiger partial charge on any atom is -0.295 e. The lowest BCUT2D eigenvalue weighted by Crippen LogP contribution is -2.12. The van der Waals surface area contributed by atoms with Crippen LogP contribution in [0, 0.1) is 0 Å². The van der Waals surface area contributed by atoms with E-state index in [0.29, 0.717) is 6.04 Å². The second-order valence-electron chi connectivity index (χ2n) is 3.29. The molecule has 0 aromatic heterocycles. The number of rotatable bonds is 0. The molecule has 0 bridgehead atoms. The lowest BCUT2D eigenvalue weighted by atomic mass is 10.1. The van der Waals surface area contributed by atoms with Crippen molar-refractivity contribution in [2.45, 2.75) is 33.4 Å². The zero-order valence-corrected chi connectivity index (χ0v) is 9.04. The van der Waals surface area contributed by atoms with Gasteiger partial charge in [-0.1, -0.05) is 38.1 Å². The van der Waals surface area contributed by atoms with Gasteiger partial charge in [-0.2, -0.15) is 0 Å². The Hall–Kier alpha value is -0.820. The number of hydrogen-bond acceptors (Lipinski definition) is 1. The number of fused-ring (bicyclic) bond motifs is 1. The Labute approximate surface area is 81.4 Å². The van der Waals surface area contributed by atoms with Crippen molar-refractivity contribution in [1.29, 1.82) is 0 Å². The van der Waals surface area contributed by atoms with E-state index in [9.17, 15) is 0 Å². The highest BCUT2D eigenvalue weighted by Gasteiger charge is 2.21. The summed E-state index contributed by atoms with van der Waals surface area (Å²) in [4.78, 5) is 2.37. The van der Waals surface area contributed by atoms with Crippen LogP contribution >= 0.6 is 0 Å². The van der Waals surface area contributed by atoms with Crippen molar-refractivity contribution in [3.8, 4) is 0 Å². The van der Waals surface area contributed by atoms with E-state index in [4.69, 9.17) is 0 Å². The van der Waals surface area contributed by atoms with E-state index in [2.05, 4.69) is 43.1 Å². The molecule has 2 rings (SSSR count). The maximum Gasteiger partial charge on any atom is 0.0323 e. The van der Waals surface area contributed by atoms with E-state index in [1.165, 1.54) is 11.1 Å². The molecule has 1 nitrogen and oxygen atoms in total. The molecule has 0 amide bonds. The predicted molar refractivity (Wildman–Crippen MR) is 57.7 cm³/mol. The van der Waals surface area contributed by atoms with Crippen LogP contribution in [0.25, 0.3) is 0 Å². The average molecular weight is 177 g/mol. The molecule has 1 aliphatic heterocycles. The third kappa shape index (κ3) is 1.92. The van der Waals surface area contributed by atoms with Gasteiger partial charge in [0.25, 0.3) is 0 Å². The summed E-state index contributed by atoms with van der Waals surface area (Å²) < 4.78 is 0. The molecule has 1 heterocycles. The van der Waals surface area contributed by atoms with Crippen LogP contribution in [0.3, 0.4) is 0 Å². The van der Waals surface area contributed by atoms with Gasteiger partial charge in [0.15, 0.2) is 0 Å². The van der Waals surface area contributed by atoms with E-state index < -0.39 is 0 Å². The molecule has 1 heteroatoms. The van der Waals surface area contributed by atoms with Crippen LogP contribution in [0.2, 0.25) is 0 Å². The Morgan fingerprint density at radius 3 is 2.46 bits per heavy atom. The van der Waals surface area contributed by atoms with Crippen LogP contribution in [-0.2, 0) is 6.54 Å². The third-order valence-electron chi connectivity index (χ3n) is 2.59. The summed E-state index contributed by atoms with van der Waals surface area (Å²) in [6, 6.07) is 9.28. The summed E-state index contributed by atoms with van der Waals surface area (Å²) in [5, 5.41) is 0. The molecule has 0 aliphatic carbocycles. The van der Waals surface area contributed by atoms with Gasteiger partial charge in [0.05, 0.1) is 0 Å². The first-order valence-corrected chi connectivity index (χ1v) is 5.07. The smallest absolute Gasteiger partial charge is 0.0323 e. The average Bonchev–Trinajstić information content (AvgIpc) is 2.47. The molecule has 1 atom stereocenters. The fourth-order valence-electron chi connectivity index (χ4n) is 1.73. The molecular weight excluding hydrogens is 158 g/mol. The maximum atomic E-state index is 2.37. The van der Waals surface area contributed by atoms with Crippen molar-refractivity contribution in [2.24, 2.45) is 0 Å². The van der Waals surface area contributed by atoms with E-state index in [0.717, 1.165) is 6.54 Å². The van der Waals surface area contributed by atoms with Gasteiger partial charge in [-0.05, 0) is 25.1 Å². The lowest BCUT2D eigenvalue weighted by Gasteiger charge is -2.13. The zero-order valence-electron chi connectivity index (χ0n) is 9.04. The van der Waals surface area contributed by atoms with Gasteiger partial charge in [-0.15, -0.1) is 0 Å². The fourth-order valence-corrected chi connectivity index (χ4v) is 1.73. The van der Waals surface area contributed by atoms with Crippen LogP contribution in [0.5, 0.6) is 0 Å². The minimum absolute atomic E-state index is 0.603. The van der Waals surface area contributed by atoms with E-state index >= 15 is 0 Å². The molecule has 1 aromatic rings. The van der Waals surface area contributed by atoms with E-state index in [1.807, 2.05) is 13.8 Å². The molecule has 0 N–H and O–H groups in total. The second kappa shape index (κ2) is 4.43. The molecular formula is C12H19N. The van der Waals surface area contributed by atoms with Crippen LogP contribution in [0.4, 0.5) is 0 Å². The summed E-state index contributed by atoms with van der Waals surface area (Å²) in [6.07, 6.45) is 0. The predicted octanol–water partition coefficient (Wildman–Crippen LogP) is 3.22. The van der Waals surface area contributed by atoms with Crippen LogP contribution in [0.1, 0.15) is 37.9 Å². The highest BCUT2D eigenvalue weighted by Crippen LogP contribution is 2.30. The molecule has 0 saturated heterocycles. The SMILES string of the molecule is CC.CC1c2ccccc2CN1C. The largest absolute Gasteiger partial charge is 0.295 e. The highest BCUT2D eigenvalue weighted by atomic mass is 15.1. The first-order valence-electron chi connectivity index (χ1n) is 5.07. The summed E-state index contributed by atoms with van der Waals surface area (Å²) in [7, 11) is 2.17. The normalized spacial score (nSPS) is 20.5. The fraction of sp³-hybridized carbons (Fsp3) is 0.500. The Morgan fingerprint density at radius 2 is 1.85 bits per heavy atom. The van der Waals surface area contributed by atoms with Crippen molar-refractivity contribution < 1.29 is 0 Å². The van der Waals surface area contributed by atoms with E-state index in [1.54, 1.807) is 0 Å². The molecule has 0 fully saturated rings. The van der Waals surface area contributed by atoms with Gasteiger partial charge in [-0.25, -0.2) is 0 Å². The zero-order chi connectivity index (χ0) is 9.84. The first-order chi connectivity index (χ1) is 6.29. The molecule has 13 heavy (non-hydrogen) atoms. The molecule has 1 aliphatic rings. The topological polar surface area (TPSA) is 3.24 Å². The maximum absolute atomic E-state index is 2.37. The highest BCUT2D eigenvalue weighted by molar-refractivity contribution is 5.33. The summed E-state index contributed by atoms with van der Waals surface area (Å²) in [6.45, 7) is 7.36. The second-order valence-corrected chi connectivity index (χ2v) is 3.29. The third-order valence-corrected chi connectivity index (χ3v) is 2.59. The summed E-state index contributed by atoms with van der Waals surface area (Å²) in [5.74, 6) is 0. The Morgan fingerprint density at radius 1 is 1.23 bits per heavy atom. The Bertz CT molecular complexity index is 268. The van der Waals surface area contributed by atoms with Crippen molar-refractivity contribution >= 4 is 0 Å². The summed E-state index contributed by atoms with van der Waals surface area (Å²) in [5.41, 5.74) is 2.98. The van der Waals surface area contributed by atoms with Gasteiger partial charge in [0, 0.05) is 12.6 Å². The summed E-state index contributed by atoms with van der Waals surface area (Å²) >= 11 is 0. The number of benzene rings is 1. The molecule has 0 radical (unpaired) electrons. The van der Waals surface area contributed by atoms with Crippen molar-refractivity contribution in [3.63, 3.8) is 0 Å². The minimum atomic E-state index is 0.603. The van der Waals surface area contributed by atoms with Crippen molar-refractivity contribution in [2.75, 3.05) is 7.05 Å². The van der Waals surface area contributed by atoms with E-state index in [-0.39, 0.29) is 0 Å². The Kier molecular flexibility index (Phi) is 3.49. The number of hydrogen-bond donors (Lipinski definition) is 0. The molecule has 0 spiro atoms. The van der Waals surface area contributed by atoms with Crippen LogP contribution in [-0.4, -0.2) is 11.9 Å². The van der Waals surface area contributed by atoms with Gasteiger partial charge in [-0.3, -0.25) is 4.90 Å². The standard InChI is InChI=1S/C10H13N.C2H6/c1-8-10-6-4-3-5-9(10)7-11(8)2;1-2/h3-6,8H,7H2,1-2H3;1-2H3. The first kappa shape index (κ1) is 10.3. The number of nitrogens with zero attached hydrogens (tertiary/aromatic N) is 1.